The number of hydrogen-bond donors (Lipinski definition) is 2. The number of benzene rings is 1. The molecule has 1 aromatic carbocycles. The summed E-state index contributed by atoms with van der Waals surface area (Å²) in [6, 6.07) is 5.12. The third kappa shape index (κ3) is 2.66. The number of rotatable bonds is 5. The van der Waals surface area contributed by atoms with Crippen LogP contribution in [0.25, 0.3) is 0 Å². The summed E-state index contributed by atoms with van der Waals surface area (Å²) in [7, 11) is -3.50. The van der Waals surface area contributed by atoms with E-state index in [2.05, 4.69) is 20.2 Å². The molecule has 1 aliphatic rings. The van der Waals surface area contributed by atoms with Gasteiger partial charge in [0.2, 0.25) is 15.9 Å². The van der Waals surface area contributed by atoms with E-state index in [4.69, 9.17) is 4.52 Å². The Morgan fingerprint density at radius 2 is 2.30 bits per heavy atom. The lowest BCUT2D eigenvalue weighted by Gasteiger charge is -2.07. The molecule has 7 nitrogen and oxygen atoms in total. The predicted molar refractivity (Wildman–Crippen MR) is 71.8 cm³/mol. The van der Waals surface area contributed by atoms with Crippen LogP contribution in [0.2, 0.25) is 0 Å². The first-order chi connectivity index (χ1) is 9.65. The van der Waals surface area contributed by atoms with Gasteiger partial charge < -0.3 is 9.84 Å². The largest absolute Gasteiger partial charge is 0.384 e. The number of nitrogens with one attached hydrogen (secondary N) is 2. The van der Waals surface area contributed by atoms with E-state index in [9.17, 15) is 8.42 Å². The van der Waals surface area contributed by atoms with Crippen molar-refractivity contribution in [3.63, 3.8) is 0 Å². The van der Waals surface area contributed by atoms with E-state index in [-0.39, 0.29) is 11.4 Å². The maximum Gasteiger partial charge on any atom is 0.240 e. The lowest BCUT2D eigenvalue weighted by atomic mass is 10.2. The number of fused-ring (bicyclic) bond motifs is 1. The lowest BCUT2D eigenvalue weighted by molar-refractivity contribution is 0.377. The van der Waals surface area contributed by atoms with Crippen molar-refractivity contribution < 1.29 is 12.9 Å². The van der Waals surface area contributed by atoms with Crippen LogP contribution in [0, 0.1) is 0 Å². The molecule has 0 aliphatic carbocycles. The van der Waals surface area contributed by atoms with Gasteiger partial charge >= 0.3 is 0 Å². The number of aromatic nitrogens is 2. The molecule has 0 bridgehead atoms. The summed E-state index contributed by atoms with van der Waals surface area (Å²) in [5.74, 6) is 0.408. The van der Waals surface area contributed by atoms with Gasteiger partial charge in [0.1, 0.15) is 0 Å². The van der Waals surface area contributed by atoms with E-state index in [1.165, 1.54) is 6.33 Å². The van der Waals surface area contributed by atoms with Crippen LogP contribution < -0.4 is 10.0 Å². The van der Waals surface area contributed by atoms with Crippen molar-refractivity contribution >= 4 is 15.7 Å². The Labute approximate surface area is 116 Å². The van der Waals surface area contributed by atoms with Crippen molar-refractivity contribution in [3.05, 3.63) is 36.0 Å². The van der Waals surface area contributed by atoms with Gasteiger partial charge in [0, 0.05) is 25.2 Å². The van der Waals surface area contributed by atoms with Gasteiger partial charge in [-0.15, -0.1) is 0 Å². The van der Waals surface area contributed by atoms with Crippen molar-refractivity contribution in [2.24, 2.45) is 0 Å². The molecule has 0 unspecified atom stereocenters. The fraction of sp³-hybridized carbons (Fsp3) is 0.333. The van der Waals surface area contributed by atoms with E-state index in [0.717, 1.165) is 24.2 Å². The molecule has 0 spiro atoms. The summed E-state index contributed by atoms with van der Waals surface area (Å²) < 4.78 is 31.7. The van der Waals surface area contributed by atoms with Gasteiger partial charge in [-0.05, 0) is 30.2 Å². The molecule has 2 aromatic rings. The summed E-state index contributed by atoms with van der Waals surface area (Å²) in [6.45, 7) is 1.07. The summed E-state index contributed by atoms with van der Waals surface area (Å²) in [6.07, 6.45) is 2.50. The Kier molecular flexibility index (Phi) is 3.41. The highest BCUT2D eigenvalue weighted by Gasteiger charge is 2.18. The summed E-state index contributed by atoms with van der Waals surface area (Å²) in [5, 5.41) is 6.66. The number of nitrogens with zero attached hydrogens (tertiary/aromatic N) is 2. The van der Waals surface area contributed by atoms with E-state index < -0.39 is 10.0 Å². The monoisotopic (exact) mass is 294 g/mol. The maximum atomic E-state index is 12.2. The van der Waals surface area contributed by atoms with Crippen LogP contribution in [0.4, 0.5) is 5.69 Å². The first-order valence-corrected chi connectivity index (χ1v) is 7.75. The molecule has 2 heterocycles. The number of anilines is 1. The normalized spacial score (nSPS) is 14.0. The van der Waals surface area contributed by atoms with E-state index >= 15 is 0 Å². The standard InChI is InChI=1S/C12H14N4O3S/c17-20(18,16-6-4-12-14-8-15-19-12)10-1-2-11-9(7-10)3-5-13-11/h1-2,7-8,13,16H,3-6H2. The van der Waals surface area contributed by atoms with Crippen molar-refractivity contribution in [3.8, 4) is 0 Å². The Hall–Kier alpha value is -1.93. The first-order valence-electron chi connectivity index (χ1n) is 6.27. The molecule has 0 radical (unpaired) electrons. The molecule has 0 atom stereocenters. The maximum absolute atomic E-state index is 12.2. The Bertz CT molecular complexity index is 697. The van der Waals surface area contributed by atoms with Gasteiger partial charge in [0.15, 0.2) is 6.33 Å². The molecule has 0 saturated heterocycles. The Morgan fingerprint density at radius 3 is 3.10 bits per heavy atom. The molecule has 106 valence electrons. The highest BCUT2D eigenvalue weighted by Crippen LogP contribution is 2.24. The molecule has 0 fully saturated rings. The van der Waals surface area contributed by atoms with Crippen LogP contribution >= 0.6 is 0 Å². The lowest BCUT2D eigenvalue weighted by Crippen LogP contribution is -2.26. The molecule has 20 heavy (non-hydrogen) atoms. The zero-order chi connectivity index (χ0) is 14.0. The van der Waals surface area contributed by atoms with Gasteiger partial charge in [0.25, 0.3) is 0 Å². The topological polar surface area (TPSA) is 97.1 Å². The van der Waals surface area contributed by atoms with Gasteiger partial charge in [-0.1, -0.05) is 5.16 Å². The van der Waals surface area contributed by atoms with Crippen LogP contribution in [-0.2, 0) is 22.9 Å². The second kappa shape index (κ2) is 5.22. The van der Waals surface area contributed by atoms with E-state index in [0.29, 0.717) is 12.3 Å². The van der Waals surface area contributed by atoms with Crippen LogP contribution in [0.1, 0.15) is 11.5 Å². The molecule has 1 aliphatic heterocycles. The van der Waals surface area contributed by atoms with Crippen LogP contribution in [0.5, 0.6) is 0 Å². The molecular formula is C12H14N4O3S. The SMILES string of the molecule is O=S(=O)(NCCc1ncno1)c1ccc2c(c1)CCN2. The fourth-order valence-electron chi connectivity index (χ4n) is 2.13. The first kappa shape index (κ1) is 13.1. The molecule has 0 saturated carbocycles. The van der Waals surface area contributed by atoms with Crippen molar-refractivity contribution in [2.45, 2.75) is 17.7 Å². The minimum atomic E-state index is -3.50. The van der Waals surface area contributed by atoms with Crippen molar-refractivity contribution in [1.82, 2.24) is 14.9 Å². The average molecular weight is 294 g/mol. The second-order valence-electron chi connectivity index (χ2n) is 4.48. The van der Waals surface area contributed by atoms with E-state index in [1.807, 2.05) is 0 Å². The van der Waals surface area contributed by atoms with Gasteiger partial charge in [-0.2, -0.15) is 4.98 Å². The summed E-state index contributed by atoms with van der Waals surface area (Å²) in [4.78, 5) is 4.12. The number of sulfonamides is 1. The zero-order valence-electron chi connectivity index (χ0n) is 10.7. The number of hydrogen-bond acceptors (Lipinski definition) is 6. The van der Waals surface area contributed by atoms with Crippen LogP contribution in [-0.4, -0.2) is 31.6 Å². The molecule has 2 N–H and O–H groups in total. The molecule has 1 aromatic heterocycles. The van der Waals surface area contributed by atoms with Gasteiger partial charge in [-0.25, -0.2) is 13.1 Å². The quantitative estimate of drug-likeness (QED) is 0.836. The smallest absolute Gasteiger partial charge is 0.240 e. The highest BCUT2D eigenvalue weighted by atomic mass is 32.2. The Morgan fingerprint density at radius 1 is 1.40 bits per heavy atom. The zero-order valence-corrected chi connectivity index (χ0v) is 11.5. The van der Waals surface area contributed by atoms with Crippen LogP contribution in [0.15, 0.2) is 33.9 Å². The average Bonchev–Trinajstić information content (AvgIpc) is 3.08. The van der Waals surface area contributed by atoms with E-state index in [1.54, 1.807) is 18.2 Å². The molecule has 8 heteroatoms. The third-order valence-electron chi connectivity index (χ3n) is 3.13. The fourth-order valence-corrected chi connectivity index (χ4v) is 3.21. The highest BCUT2D eigenvalue weighted by molar-refractivity contribution is 7.89. The molecular weight excluding hydrogens is 280 g/mol. The Balaban J connectivity index is 1.68. The summed E-state index contributed by atoms with van der Waals surface area (Å²) >= 11 is 0. The van der Waals surface area contributed by atoms with Crippen molar-refractivity contribution in [2.75, 3.05) is 18.4 Å². The van der Waals surface area contributed by atoms with Crippen LogP contribution in [0.3, 0.4) is 0 Å². The summed E-state index contributed by atoms with van der Waals surface area (Å²) in [5.41, 5.74) is 2.04. The van der Waals surface area contributed by atoms with Gasteiger partial charge in [-0.3, -0.25) is 0 Å². The van der Waals surface area contributed by atoms with Crippen molar-refractivity contribution in [1.29, 1.82) is 0 Å². The molecule has 3 rings (SSSR count). The minimum absolute atomic E-state index is 0.222. The van der Waals surface area contributed by atoms with Gasteiger partial charge in [0.05, 0.1) is 4.90 Å². The minimum Gasteiger partial charge on any atom is -0.384 e. The molecule has 0 amide bonds. The predicted octanol–water partition coefficient (Wildman–Crippen LogP) is 0.559. The third-order valence-corrected chi connectivity index (χ3v) is 4.59. The second-order valence-corrected chi connectivity index (χ2v) is 6.25.